The molecule has 0 saturated heterocycles. The summed E-state index contributed by atoms with van der Waals surface area (Å²) in [5, 5.41) is 3.51. The number of nitrogens with two attached hydrogens (primary N) is 1. The van der Waals surface area contributed by atoms with Crippen molar-refractivity contribution in [2.75, 3.05) is 7.05 Å². The summed E-state index contributed by atoms with van der Waals surface area (Å²) in [6.07, 6.45) is 16.8. The maximum Gasteiger partial charge on any atom is 0.105 e. The van der Waals surface area contributed by atoms with Crippen LogP contribution in [0.15, 0.2) is 23.5 Å². The summed E-state index contributed by atoms with van der Waals surface area (Å²) < 4.78 is 6.35. The lowest BCUT2D eigenvalue weighted by Gasteiger charge is -2.38. The largest absolute Gasteiger partial charge is 0.494 e. The molecule has 6 atom stereocenters. The summed E-state index contributed by atoms with van der Waals surface area (Å²) in [6.45, 7) is 0. The third-order valence-corrected chi connectivity index (χ3v) is 6.84. The lowest BCUT2D eigenvalue weighted by molar-refractivity contribution is 0.0737. The molecular weight excluding hydrogens is 284 g/mol. The van der Waals surface area contributed by atoms with Crippen molar-refractivity contribution in [1.29, 1.82) is 0 Å². The van der Waals surface area contributed by atoms with Gasteiger partial charge >= 0.3 is 0 Å². The van der Waals surface area contributed by atoms with Crippen LogP contribution in [0.4, 0.5) is 0 Å². The van der Waals surface area contributed by atoms with Crippen molar-refractivity contribution in [3.05, 3.63) is 23.5 Å². The molecule has 4 rings (SSSR count). The molecule has 1 heterocycles. The molecule has 0 bridgehead atoms. The van der Waals surface area contributed by atoms with Gasteiger partial charge in [0.2, 0.25) is 0 Å². The quantitative estimate of drug-likeness (QED) is 0.837. The number of rotatable bonds is 3. The molecule has 2 fully saturated rings. The Bertz CT molecular complexity index is 498. The van der Waals surface area contributed by atoms with Gasteiger partial charge in [-0.3, -0.25) is 0 Å². The number of nitrogens with one attached hydrogen (secondary N) is 1. The molecule has 0 aromatic heterocycles. The summed E-state index contributed by atoms with van der Waals surface area (Å²) in [4.78, 5) is 0. The van der Waals surface area contributed by atoms with Crippen molar-refractivity contribution < 1.29 is 4.74 Å². The lowest BCUT2D eigenvalue weighted by atomic mass is 9.73. The normalized spacial score (nSPS) is 41.2. The molecule has 0 amide bonds. The van der Waals surface area contributed by atoms with Gasteiger partial charge in [-0.05, 0) is 56.6 Å². The third-order valence-electron chi connectivity index (χ3n) is 6.84. The fraction of sp³-hybridized carbons (Fsp3) is 0.800. The van der Waals surface area contributed by atoms with Crippen molar-refractivity contribution in [1.82, 2.24) is 5.32 Å². The van der Waals surface area contributed by atoms with Crippen LogP contribution in [-0.2, 0) is 4.74 Å². The van der Waals surface area contributed by atoms with Crippen LogP contribution in [0.5, 0.6) is 0 Å². The second-order valence-corrected chi connectivity index (χ2v) is 8.07. The molecule has 3 N–H and O–H groups in total. The molecule has 4 aliphatic rings. The van der Waals surface area contributed by atoms with E-state index in [9.17, 15) is 0 Å². The molecule has 128 valence electrons. The van der Waals surface area contributed by atoms with Crippen molar-refractivity contribution in [3.63, 3.8) is 0 Å². The van der Waals surface area contributed by atoms with Gasteiger partial charge in [0, 0.05) is 24.4 Å². The van der Waals surface area contributed by atoms with Gasteiger partial charge in [-0.25, -0.2) is 0 Å². The highest BCUT2D eigenvalue weighted by molar-refractivity contribution is 5.35. The molecule has 1 aliphatic heterocycles. The summed E-state index contributed by atoms with van der Waals surface area (Å²) >= 11 is 0. The number of allylic oxidation sites excluding steroid dienone is 2. The first kappa shape index (κ1) is 15.7. The first-order valence-corrected chi connectivity index (χ1v) is 9.78. The zero-order valence-electron chi connectivity index (χ0n) is 14.5. The molecule has 3 aliphatic carbocycles. The van der Waals surface area contributed by atoms with Crippen molar-refractivity contribution in [2.24, 2.45) is 23.5 Å². The minimum atomic E-state index is 0.254. The van der Waals surface area contributed by atoms with Crippen LogP contribution in [-0.4, -0.2) is 25.2 Å². The van der Waals surface area contributed by atoms with E-state index in [-0.39, 0.29) is 6.04 Å². The molecular formula is C20H32N2O. The maximum absolute atomic E-state index is 6.75. The number of hydrogen-bond acceptors (Lipinski definition) is 3. The van der Waals surface area contributed by atoms with Crippen molar-refractivity contribution in [3.8, 4) is 0 Å². The molecule has 6 unspecified atom stereocenters. The van der Waals surface area contributed by atoms with Crippen LogP contribution in [0.25, 0.3) is 0 Å². The molecule has 23 heavy (non-hydrogen) atoms. The first-order chi connectivity index (χ1) is 11.3. The lowest BCUT2D eigenvalue weighted by Crippen LogP contribution is -2.49. The Morgan fingerprint density at radius 2 is 1.91 bits per heavy atom. The minimum Gasteiger partial charge on any atom is -0.494 e. The van der Waals surface area contributed by atoms with E-state index in [1.54, 1.807) is 0 Å². The van der Waals surface area contributed by atoms with E-state index in [4.69, 9.17) is 10.5 Å². The number of fused-ring (bicyclic) bond motifs is 2. The fourth-order valence-electron chi connectivity index (χ4n) is 5.50. The number of hydrogen-bond donors (Lipinski definition) is 2. The average molecular weight is 316 g/mol. The second kappa shape index (κ2) is 6.60. The molecule has 0 radical (unpaired) electrons. The van der Waals surface area contributed by atoms with Crippen LogP contribution >= 0.6 is 0 Å². The predicted octanol–water partition coefficient (Wildman–Crippen LogP) is 3.51. The summed E-state index contributed by atoms with van der Waals surface area (Å²) in [6, 6.07) is 0.846. The highest BCUT2D eigenvalue weighted by Crippen LogP contribution is 2.46. The summed E-state index contributed by atoms with van der Waals surface area (Å²) in [5.41, 5.74) is 8.26. The Labute approximate surface area is 140 Å². The monoisotopic (exact) mass is 316 g/mol. The third kappa shape index (κ3) is 2.87. The molecule has 3 nitrogen and oxygen atoms in total. The highest BCUT2D eigenvalue weighted by Gasteiger charge is 2.41. The molecule has 2 saturated carbocycles. The highest BCUT2D eigenvalue weighted by atomic mass is 16.5. The number of ether oxygens (including phenoxy) is 1. The van der Waals surface area contributed by atoms with Crippen LogP contribution in [0.2, 0.25) is 0 Å². The smallest absolute Gasteiger partial charge is 0.105 e. The van der Waals surface area contributed by atoms with Crippen molar-refractivity contribution >= 4 is 0 Å². The van der Waals surface area contributed by atoms with Gasteiger partial charge in [0.1, 0.15) is 11.9 Å². The van der Waals surface area contributed by atoms with Gasteiger partial charge in [-0.1, -0.05) is 31.4 Å². The van der Waals surface area contributed by atoms with Gasteiger partial charge in [0.25, 0.3) is 0 Å². The van der Waals surface area contributed by atoms with Crippen LogP contribution in [0.3, 0.4) is 0 Å². The van der Waals surface area contributed by atoms with E-state index in [1.807, 2.05) is 0 Å². The van der Waals surface area contributed by atoms with Gasteiger partial charge in [-0.15, -0.1) is 0 Å². The maximum atomic E-state index is 6.75. The van der Waals surface area contributed by atoms with Crippen LogP contribution < -0.4 is 11.1 Å². The molecule has 0 spiro atoms. The van der Waals surface area contributed by atoms with Crippen LogP contribution in [0.1, 0.15) is 57.8 Å². The predicted molar refractivity (Wildman–Crippen MR) is 93.9 cm³/mol. The zero-order chi connectivity index (χ0) is 15.8. The first-order valence-electron chi connectivity index (χ1n) is 9.78. The van der Waals surface area contributed by atoms with Gasteiger partial charge in [0.05, 0.1) is 0 Å². The zero-order valence-corrected chi connectivity index (χ0v) is 14.5. The minimum absolute atomic E-state index is 0.254. The van der Waals surface area contributed by atoms with Crippen molar-refractivity contribution in [2.45, 2.75) is 76.0 Å². The van der Waals surface area contributed by atoms with E-state index in [2.05, 4.69) is 24.5 Å². The standard InChI is InChI=1S/C20H32N2O/c1-22-17-8-4-2-7-16(17)20(21)13-10-11-15-14-6-3-5-9-18(14)23-19(15)12-13/h10-11,13-14,16-18,20,22H,2-9,12,21H2,1H3. The average Bonchev–Trinajstić information content (AvgIpc) is 2.98. The topological polar surface area (TPSA) is 47.3 Å². The SMILES string of the molecule is CNC1CCCCC1C(N)C1C=CC2=C(C1)OC1CCCCC21. The van der Waals surface area contributed by atoms with Gasteiger partial charge in [0.15, 0.2) is 0 Å². The van der Waals surface area contributed by atoms with E-state index in [1.165, 1.54) is 62.7 Å². The summed E-state index contributed by atoms with van der Waals surface area (Å²) in [7, 11) is 2.10. The van der Waals surface area contributed by atoms with Gasteiger partial charge < -0.3 is 15.8 Å². The van der Waals surface area contributed by atoms with E-state index in [0.717, 1.165) is 6.42 Å². The van der Waals surface area contributed by atoms with E-state index in [0.29, 0.717) is 29.9 Å². The Morgan fingerprint density at radius 3 is 2.78 bits per heavy atom. The Hall–Kier alpha value is -0.800. The fourth-order valence-corrected chi connectivity index (χ4v) is 5.50. The second-order valence-electron chi connectivity index (χ2n) is 8.07. The van der Waals surface area contributed by atoms with Crippen LogP contribution in [0, 0.1) is 17.8 Å². The molecule has 0 aromatic carbocycles. The molecule has 3 heteroatoms. The Morgan fingerprint density at radius 1 is 1.13 bits per heavy atom. The van der Waals surface area contributed by atoms with E-state index >= 15 is 0 Å². The van der Waals surface area contributed by atoms with E-state index < -0.39 is 0 Å². The summed E-state index contributed by atoms with van der Waals surface area (Å²) in [5.74, 6) is 3.01. The Balaban J connectivity index is 1.45. The van der Waals surface area contributed by atoms with Gasteiger partial charge in [-0.2, -0.15) is 0 Å². The Kier molecular flexibility index (Phi) is 4.51. The molecule has 0 aromatic rings.